The second-order valence-corrected chi connectivity index (χ2v) is 3.82. The molecule has 0 heterocycles. The monoisotopic (exact) mass is 246 g/mol. The Bertz CT molecular complexity index is 441. The summed E-state index contributed by atoms with van der Waals surface area (Å²) >= 11 is 0. The highest BCUT2D eigenvalue weighted by atomic mass is 16.5. The zero-order chi connectivity index (χ0) is 13.4. The third-order valence-electron chi connectivity index (χ3n) is 2.21. The van der Waals surface area contributed by atoms with Gasteiger partial charge in [0.15, 0.2) is 0 Å². The number of anilines is 1. The second kappa shape index (κ2) is 7.23. The lowest BCUT2D eigenvalue weighted by atomic mass is 10.2. The van der Waals surface area contributed by atoms with Crippen LogP contribution in [0.15, 0.2) is 24.3 Å². The SMILES string of the molecule is CCOC(=O)NCC#Cc1ccc(N(C)C)cc1. The van der Waals surface area contributed by atoms with Gasteiger partial charge in [-0.25, -0.2) is 4.79 Å². The van der Waals surface area contributed by atoms with Crippen molar-refractivity contribution in [2.24, 2.45) is 0 Å². The second-order valence-electron chi connectivity index (χ2n) is 3.82. The van der Waals surface area contributed by atoms with Crippen LogP contribution in [-0.2, 0) is 4.74 Å². The summed E-state index contributed by atoms with van der Waals surface area (Å²) in [6, 6.07) is 7.91. The van der Waals surface area contributed by atoms with E-state index in [0.29, 0.717) is 6.61 Å². The number of hydrogen-bond donors (Lipinski definition) is 1. The summed E-state index contributed by atoms with van der Waals surface area (Å²) in [5, 5.41) is 2.54. The predicted octanol–water partition coefficient (Wildman–Crippen LogP) is 1.85. The van der Waals surface area contributed by atoms with E-state index in [1.54, 1.807) is 6.92 Å². The fraction of sp³-hybridized carbons (Fsp3) is 0.357. The summed E-state index contributed by atoms with van der Waals surface area (Å²) in [7, 11) is 3.98. The summed E-state index contributed by atoms with van der Waals surface area (Å²) < 4.78 is 4.71. The molecule has 1 aromatic carbocycles. The number of carbonyl (C=O) groups is 1. The highest BCUT2D eigenvalue weighted by molar-refractivity contribution is 5.67. The number of amides is 1. The summed E-state index contributed by atoms with van der Waals surface area (Å²) in [5.74, 6) is 5.83. The summed E-state index contributed by atoms with van der Waals surface area (Å²) in [4.78, 5) is 13.0. The Labute approximate surface area is 108 Å². The van der Waals surface area contributed by atoms with Gasteiger partial charge in [-0.15, -0.1) is 0 Å². The number of nitrogens with one attached hydrogen (secondary N) is 1. The van der Waals surface area contributed by atoms with Gasteiger partial charge in [-0.05, 0) is 31.2 Å². The van der Waals surface area contributed by atoms with E-state index in [0.717, 1.165) is 11.3 Å². The molecule has 0 aliphatic rings. The molecular formula is C14H18N2O2. The number of alkyl carbamates (subject to hydrolysis) is 1. The number of benzene rings is 1. The quantitative estimate of drug-likeness (QED) is 0.828. The number of rotatable bonds is 3. The number of ether oxygens (including phenoxy) is 1. The average Bonchev–Trinajstić information content (AvgIpc) is 2.35. The van der Waals surface area contributed by atoms with Crippen LogP contribution in [0.1, 0.15) is 12.5 Å². The molecule has 1 aromatic rings. The van der Waals surface area contributed by atoms with Gasteiger partial charge >= 0.3 is 6.09 Å². The minimum Gasteiger partial charge on any atom is -0.450 e. The van der Waals surface area contributed by atoms with Crippen LogP contribution in [0.4, 0.5) is 10.5 Å². The van der Waals surface area contributed by atoms with Crippen molar-refractivity contribution >= 4 is 11.8 Å². The molecule has 0 aliphatic carbocycles. The molecule has 18 heavy (non-hydrogen) atoms. The maximum Gasteiger partial charge on any atom is 0.407 e. The minimum absolute atomic E-state index is 0.286. The molecule has 0 atom stereocenters. The van der Waals surface area contributed by atoms with Crippen LogP contribution >= 0.6 is 0 Å². The van der Waals surface area contributed by atoms with Crippen LogP contribution in [0.5, 0.6) is 0 Å². The molecule has 0 saturated carbocycles. The highest BCUT2D eigenvalue weighted by Gasteiger charge is 1.96. The molecule has 1 amide bonds. The number of carbonyl (C=O) groups excluding carboxylic acids is 1. The van der Waals surface area contributed by atoms with Gasteiger partial charge < -0.3 is 15.0 Å². The Morgan fingerprint density at radius 1 is 1.33 bits per heavy atom. The Hall–Kier alpha value is -2.15. The van der Waals surface area contributed by atoms with Crippen molar-refractivity contribution in [1.29, 1.82) is 0 Å². The fourth-order valence-electron chi connectivity index (χ4n) is 1.29. The predicted molar refractivity (Wildman–Crippen MR) is 72.7 cm³/mol. The average molecular weight is 246 g/mol. The molecule has 0 fully saturated rings. The van der Waals surface area contributed by atoms with Gasteiger partial charge in [-0.1, -0.05) is 11.8 Å². The molecule has 0 saturated heterocycles. The topological polar surface area (TPSA) is 41.6 Å². The first kappa shape index (κ1) is 13.9. The lowest BCUT2D eigenvalue weighted by Gasteiger charge is -2.11. The molecule has 0 radical (unpaired) electrons. The number of nitrogens with zero attached hydrogens (tertiary/aromatic N) is 1. The standard InChI is InChI=1S/C14H18N2O2/c1-4-18-14(17)15-11-5-6-12-7-9-13(10-8-12)16(2)3/h7-10H,4,11H2,1-3H3,(H,15,17). The lowest BCUT2D eigenvalue weighted by Crippen LogP contribution is -2.24. The van der Waals surface area contributed by atoms with Gasteiger partial charge in [0.25, 0.3) is 0 Å². The number of hydrogen-bond acceptors (Lipinski definition) is 3. The highest BCUT2D eigenvalue weighted by Crippen LogP contribution is 2.11. The van der Waals surface area contributed by atoms with Gasteiger partial charge in [0, 0.05) is 25.3 Å². The smallest absolute Gasteiger partial charge is 0.407 e. The molecule has 4 nitrogen and oxygen atoms in total. The normalized spacial score (nSPS) is 9.06. The first-order valence-corrected chi connectivity index (χ1v) is 5.80. The molecular weight excluding hydrogens is 228 g/mol. The van der Waals surface area contributed by atoms with E-state index in [1.807, 2.05) is 43.3 Å². The van der Waals surface area contributed by atoms with Gasteiger partial charge in [-0.3, -0.25) is 0 Å². The lowest BCUT2D eigenvalue weighted by molar-refractivity contribution is 0.153. The van der Waals surface area contributed by atoms with Crippen molar-refractivity contribution in [1.82, 2.24) is 5.32 Å². The van der Waals surface area contributed by atoms with E-state index in [9.17, 15) is 4.79 Å². The third-order valence-corrected chi connectivity index (χ3v) is 2.21. The van der Waals surface area contributed by atoms with E-state index in [4.69, 9.17) is 4.74 Å². The molecule has 0 spiro atoms. The van der Waals surface area contributed by atoms with E-state index in [-0.39, 0.29) is 6.54 Å². The molecule has 1 rings (SSSR count). The van der Waals surface area contributed by atoms with Crippen LogP contribution in [0.2, 0.25) is 0 Å². The minimum atomic E-state index is -0.435. The van der Waals surface area contributed by atoms with Crippen molar-refractivity contribution < 1.29 is 9.53 Å². The summed E-state index contributed by atoms with van der Waals surface area (Å²) in [6.07, 6.45) is -0.435. The Balaban J connectivity index is 2.45. The van der Waals surface area contributed by atoms with Gasteiger partial charge in [0.2, 0.25) is 0 Å². The molecule has 96 valence electrons. The van der Waals surface area contributed by atoms with Crippen LogP contribution in [0.3, 0.4) is 0 Å². The Morgan fingerprint density at radius 2 is 2.00 bits per heavy atom. The fourth-order valence-corrected chi connectivity index (χ4v) is 1.29. The largest absolute Gasteiger partial charge is 0.450 e. The molecule has 0 aromatic heterocycles. The van der Waals surface area contributed by atoms with Crippen LogP contribution < -0.4 is 10.2 Å². The van der Waals surface area contributed by atoms with Crippen molar-refractivity contribution in [2.75, 3.05) is 32.1 Å². The zero-order valence-electron chi connectivity index (χ0n) is 11.0. The summed E-state index contributed by atoms with van der Waals surface area (Å²) in [5.41, 5.74) is 2.05. The third kappa shape index (κ3) is 4.79. The van der Waals surface area contributed by atoms with Crippen molar-refractivity contribution in [2.45, 2.75) is 6.92 Å². The van der Waals surface area contributed by atoms with E-state index in [2.05, 4.69) is 17.2 Å². The molecule has 0 unspecified atom stereocenters. The van der Waals surface area contributed by atoms with Crippen LogP contribution in [0.25, 0.3) is 0 Å². The first-order valence-electron chi connectivity index (χ1n) is 5.80. The first-order chi connectivity index (χ1) is 8.63. The van der Waals surface area contributed by atoms with E-state index < -0.39 is 6.09 Å². The van der Waals surface area contributed by atoms with Gasteiger partial charge in [0.05, 0.1) is 13.2 Å². The van der Waals surface area contributed by atoms with Gasteiger partial charge in [0.1, 0.15) is 0 Å². The molecule has 1 N–H and O–H groups in total. The maximum atomic E-state index is 11.0. The van der Waals surface area contributed by atoms with E-state index in [1.165, 1.54) is 0 Å². The van der Waals surface area contributed by atoms with Crippen molar-refractivity contribution in [3.63, 3.8) is 0 Å². The Kier molecular flexibility index (Phi) is 5.59. The van der Waals surface area contributed by atoms with E-state index >= 15 is 0 Å². The van der Waals surface area contributed by atoms with Crippen molar-refractivity contribution in [3.8, 4) is 11.8 Å². The Morgan fingerprint density at radius 3 is 2.56 bits per heavy atom. The molecule has 4 heteroatoms. The van der Waals surface area contributed by atoms with Crippen LogP contribution in [-0.4, -0.2) is 33.3 Å². The van der Waals surface area contributed by atoms with Gasteiger partial charge in [-0.2, -0.15) is 0 Å². The molecule has 0 aliphatic heterocycles. The van der Waals surface area contributed by atoms with Crippen molar-refractivity contribution in [3.05, 3.63) is 29.8 Å². The zero-order valence-corrected chi connectivity index (χ0v) is 11.0. The summed E-state index contributed by atoms with van der Waals surface area (Å²) in [6.45, 7) is 2.41. The van der Waals surface area contributed by atoms with Crippen LogP contribution in [0, 0.1) is 11.8 Å². The molecule has 0 bridgehead atoms. The maximum absolute atomic E-state index is 11.0.